The molecule has 1 aromatic carbocycles. The van der Waals surface area contributed by atoms with E-state index in [1.807, 2.05) is 6.92 Å². The van der Waals surface area contributed by atoms with Crippen LogP contribution in [-0.2, 0) is 0 Å². The van der Waals surface area contributed by atoms with E-state index in [2.05, 4.69) is 4.90 Å². The standard InChI is InChI=1S/C20H26ClNO4/c1-12-15(19(23)24)10-16(21)18-17(12)25-20(2,26-18)14-6-8-22(9-7-14)11-13-4-3-5-13/h10,13-14H,3-9,11H2,1-2H3,(H,23,24). The third-order valence-electron chi connectivity index (χ3n) is 6.35. The summed E-state index contributed by atoms with van der Waals surface area (Å²) in [7, 11) is 0. The van der Waals surface area contributed by atoms with Gasteiger partial charge in [-0.25, -0.2) is 4.79 Å². The third-order valence-corrected chi connectivity index (χ3v) is 6.63. The molecular formula is C20H26ClNO4. The molecule has 0 spiro atoms. The van der Waals surface area contributed by atoms with Crippen molar-refractivity contribution < 1.29 is 19.4 Å². The molecule has 2 heterocycles. The molecule has 2 fully saturated rings. The Bertz CT molecular complexity index is 725. The average molecular weight is 380 g/mol. The molecule has 0 bridgehead atoms. The van der Waals surface area contributed by atoms with Crippen molar-refractivity contribution in [3.63, 3.8) is 0 Å². The van der Waals surface area contributed by atoms with Crippen molar-refractivity contribution in [1.29, 1.82) is 0 Å². The quantitative estimate of drug-likeness (QED) is 0.842. The number of nitrogens with zero attached hydrogens (tertiary/aromatic N) is 1. The molecule has 1 saturated heterocycles. The van der Waals surface area contributed by atoms with Gasteiger partial charge in [-0.3, -0.25) is 0 Å². The Hall–Kier alpha value is -1.46. The van der Waals surface area contributed by atoms with Crippen LogP contribution in [0, 0.1) is 18.8 Å². The van der Waals surface area contributed by atoms with Crippen LogP contribution in [0.4, 0.5) is 0 Å². The summed E-state index contributed by atoms with van der Waals surface area (Å²) in [6.45, 7) is 7.04. The molecule has 1 N–H and O–H groups in total. The SMILES string of the molecule is Cc1c(C(=O)O)cc(Cl)c2c1OC(C)(C1CCN(CC3CCC3)CC1)O2. The van der Waals surface area contributed by atoms with Crippen molar-refractivity contribution >= 4 is 17.6 Å². The molecule has 1 aliphatic carbocycles. The van der Waals surface area contributed by atoms with Crippen LogP contribution in [0.1, 0.15) is 54.9 Å². The average Bonchev–Trinajstić information content (AvgIpc) is 2.94. The van der Waals surface area contributed by atoms with E-state index in [0.29, 0.717) is 22.1 Å². The summed E-state index contributed by atoms with van der Waals surface area (Å²) in [4.78, 5) is 14.0. The zero-order valence-electron chi connectivity index (χ0n) is 15.4. The van der Waals surface area contributed by atoms with E-state index in [1.54, 1.807) is 6.92 Å². The number of carboxylic acid groups (broad SMARTS) is 1. The zero-order valence-corrected chi connectivity index (χ0v) is 16.1. The first-order chi connectivity index (χ1) is 12.4. The van der Waals surface area contributed by atoms with E-state index < -0.39 is 11.8 Å². The van der Waals surface area contributed by atoms with Gasteiger partial charge in [0.05, 0.1) is 10.6 Å². The molecule has 26 heavy (non-hydrogen) atoms. The number of aromatic carboxylic acids is 1. The predicted molar refractivity (Wildman–Crippen MR) is 99.3 cm³/mol. The Morgan fingerprint density at radius 3 is 2.50 bits per heavy atom. The van der Waals surface area contributed by atoms with Gasteiger partial charge in [0.1, 0.15) is 0 Å². The van der Waals surface area contributed by atoms with Crippen LogP contribution in [0.3, 0.4) is 0 Å². The first-order valence-electron chi connectivity index (χ1n) is 9.54. The number of hydrogen-bond acceptors (Lipinski definition) is 4. The second-order valence-electron chi connectivity index (χ2n) is 8.09. The lowest BCUT2D eigenvalue weighted by molar-refractivity contribution is -0.125. The Morgan fingerprint density at radius 1 is 1.27 bits per heavy atom. The van der Waals surface area contributed by atoms with Gasteiger partial charge < -0.3 is 19.5 Å². The van der Waals surface area contributed by atoms with Crippen LogP contribution in [0.5, 0.6) is 11.5 Å². The minimum atomic E-state index is -1.01. The number of rotatable bonds is 4. The first kappa shape index (κ1) is 17.9. The Balaban J connectivity index is 1.47. The molecule has 1 unspecified atom stereocenters. The summed E-state index contributed by atoms with van der Waals surface area (Å²) in [5.41, 5.74) is 0.736. The maximum absolute atomic E-state index is 11.4. The van der Waals surface area contributed by atoms with Crippen molar-refractivity contribution in [2.75, 3.05) is 19.6 Å². The molecule has 2 aliphatic heterocycles. The molecule has 1 saturated carbocycles. The molecule has 6 heteroatoms. The highest BCUT2D eigenvalue weighted by molar-refractivity contribution is 6.32. The van der Waals surface area contributed by atoms with Gasteiger partial charge in [-0.15, -0.1) is 0 Å². The van der Waals surface area contributed by atoms with Crippen LogP contribution in [0.15, 0.2) is 6.07 Å². The van der Waals surface area contributed by atoms with Gasteiger partial charge in [-0.1, -0.05) is 18.0 Å². The highest BCUT2D eigenvalue weighted by atomic mass is 35.5. The van der Waals surface area contributed by atoms with Gasteiger partial charge in [-0.05, 0) is 57.7 Å². The van der Waals surface area contributed by atoms with Gasteiger partial charge in [0, 0.05) is 24.9 Å². The fourth-order valence-electron chi connectivity index (χ4n) is 4.41. The smallest absolute Gasteiger partial charge is 0.336 e. The first-order valence-corrected chi connectivity index (χ1v) is 9.92. The molecule has 142 valence electrons. The molecule has 0 radical (unpaired) electrons. The van der Waals surface area contributed by atoms with Gasteiger partial charge >= 0.3 is 5.97 Å². The number of carboxylic acids is 1. The second-order valence-corrected chi connectivity index (χ2v) is 8.49. The summed E-state index contributed by atoms with van der Waals surface area (Å²) >= 11 is 6.28. The Kier molecular flexibility index (Phi) is 4.56. The second kappa shape index (κ2) is 6.61. The van der Waals surface area contributed by atoms with Gasteiger partial charge in [-0.2, -0.15) is 0 Å². The molecule has 0 aromatic heterocycles. The fraction of sp³-hybridized carbons (Fsp3) is 0.650. The molecule has 1 aromatic rings. The lowest BCUT2D eigenvalue weighted by atomic mass is 9.83. The van der Waals surface area contributed by atoms with E-state index in [1.165, 1.54) is 31.9 Å². The Morgan fingerprint density at radius 2 is 1.92 bits per heavy atom. The summed E-state index contributed by atoms with van der Waals surface area (Å²) in [6, 6.07) is 1.45. The Labute approximate surface area is 159 Å². The number of carbonyl (C=O) groups is 1. The molecule has 1 atom stereocenters. The van der Waals surface area contributed by atoms with Crippen LogP contribution in [0.25, 0.3) is 0 Å². The van der Waals surface area contributed by atoms with Crippen molar-refractivity contribution in [3.05, 3.63) is 22.2 Å². The number of benzene rings is 1. The number of ether oxygens (including phenoxy) is 2. The van der Waals surface area contributed by atoms with E-state index in [0.717, 1.165) is 31.8 Å². The largest absolute Gasteiger partial charge is 0.478 e. The fourth-order valence-corrected chi connectivity index (χ4v) is 4.65. The van der Waals surface area contributed by atoms with Crippen LogP contribution >= 0.6 is 11.6 Å². The third kappa shape index (κ3) is 3.05. The molecule has 5 nitrogen and oxygen atoms in total. The summed E-state index contributed by atoms with van der Waals surface area (Å²) in [5, 5.41) is 9.67. The van der Waals surface area contributed by atoms with E-state index in [9.17, 15) is 9.90 Å². The number of halogens is 1. The molecule has 0 amide bonds. The maximum atomic E-state index is 11.4. The van der Waals surface area contributed by atoms with Crippen molar-refractivity contribution in [3.8, 4) is 11.5 Å². The normalized spacial score (nSPS) is 26.7. The van der Waals surface area contributed by atoms with E-state index in [4.69, 9.17) is 21.1 Å². The zero-order chi connectivity index (χ0) is 18.5. The highest BCUT2D eigenvalue weighted by Crippen LogP contribution is 2.51. The van der Waals surface area contributed by atoms with Gasteiger partial charge in [0.25, 0.3) is 5.79 Å². The molecule has 4 rings (SSSR count). The summed E-state index contributed by atoms with van der Waals surface area (Å²) in [6.07, 6.45) is 6.17. The monoisotopic (exact) mass is 379 g/mol. The topological polar surface area (TPSA) is 59.0 Å². The van der Waals surface area contributed by atoms with Crippen LogP contribution in [0.2, 0.25) is 5.02 Å². The van der Waals surface area contributed by atoms with E-state index in [-0.39, 0.29) is 11.5 Å². The van der Waals surface area contributed by atoms with Crippen molar-refractivity contribution in [2.45, 2.75) is 51.7 Å². The number of piperidine rings is 1. The molecular weight excluding hydrogens is 354 g/mol. The number of fused-ring (bicyclic) bond motifs is 1. The highest BCUT2D eigenvalue weighted by Gasteiger charge is 2.47. The van der Waals surface area contributed by atoms with Gasteiger partial charge in [0.15, 0.2) is 11.5 Å². The number of likely N-dealkylation sites (tertiary alicyclic amines) is 1. The lowest BCUT2D eigenvalue weighted by Crippen LogP contribution is -2.49. The predicted octanol–water partition coefficient (Wildman–Crippen LogP) is 4.35. The summed E-state index contributed by atoms with van der Waals surface area (Å²) < 4.78 is 12.4. The lowest BCUT2D eigenvalue weighted by Gasteiger charge is -2.40. The molecule has 3 aliphatic rings. The number of hydrogen-bond donors (Lipinski definition) is 1. The van der Waals surface area contributed by atoms with Crippen LogP contribution in [-0.4, -0.2) is 41.4 Å². The minimum Gasteiger partial charge on any atom is -0.478 e. The minimum absolute atomic E-state index is 0.164. The van der Waals surface area contributed by atoms with Crippen molar-refractivity contribution in [2.24, 2.45) is 11.8 Å². The van der Waals surface area contributed by atoms with E-state index >= 15 is 0 Å². The summed E-state index contributed by atoms with van der Waals surface area (Å²) in [5.74, 6) is 0.324. The van der Waals surface area contributed by atoms with Gasteiger partial charge in [0.2, 0.25) is 0 Å². The maximum Gasteiger partial charge on any atom is 0.336 e. The van der Waals surface area contributed by atoms with Crippen molar-refractivity contribution in [1.82, 2.24) is 4.90 Å². The van der Waals surface area contributed by atoms with Crippen LogP contribution < -0.4 is 9.47 Å².